The van der Waals surface area contributed by atoms with E-state index in [4.69, 9.17) is 0 Å². The van der Waals surface area contributed by atoms with Gasteiger partial charge in [0.2, 0.25) is 0 Å². The van der Waals surface area contributed by atoms with Crippen LogP contribution in [0.1, 0.15) is 38.1 Å². The van der Waals surface area contributed by atoms with Crippen LogP contribution in [0.4, 0.5) is 4.39 Å². The number of nitrogens with zero attached hydrogens (tertiary/aromatic N) is 4. The summed E-state index contributed by atoms with van der Waals surface area (Å²) in [6, 6.07) is 6.07. The topological polar surface area (TPSA) is 79.6 Å². The first-order chi connectivity index (χ1) is 16.4. The van der Waals surface area contributed by atoms with Crippen molar-refractivity contribution in [3.63, 3.8) is 0 Å². The van der Waals surface area contributed by atoms with E-state index in [0.29, 0.717) is 42.0 Å². The maximum Gasteiger partial charge on any atom is 0.274 e. The minimum Gasteiger partial charge on any atom is -0.349 e. The lowest BCUT2D eigenvalue weighted by Crippen LogP contribution is -2.46. The Morgan fingerprint density at radius 1 is 1.21 bits per heavy atom. The van der Waals surface area contributed by atoms with Crippen molar-refractivity contribution in [1.29, 1.82) is 0 Å². The summed E-state index contributed by atoms with van der Waals surface area (Å²) in [5.41, 5.74) is 2.40. The predicted octanol–water partition coefficient (Wildman–Crippen LogP) is 4.17. The molecule has 1 saturated heterocycles. The van der Waals surface area contributed by atoms with Gasteiger partial charge in [-0.3, -0.25) is 14.0 Å². The second-order valence-electron chi connectivity index (χ2n) is 8.91. The normalized spacial score (nSPS) is 21.1. The van der Waals surface area contributed by atoms with Gasteiger partial charge in [0, 0.05) is 24.7 Å². The second-order valence-corrected chi connectivity index (χ2v) is 11.0. The zero-order valence-corrected chi connectivity index (χ0v) is 20.3. The number of amides is 2. The van der Waals surface area contributed by atoms with Gasteiger partial charge in [0.15, 0.2) is 4.96 Å². The van der Waals surface area contributed by atoms with Crippen molar-refractivity contribution in [2.75, 3.05) is 13.1 Å². The first kappa shape index (κ1) is 21.4. The third kappa shape index (κ3) is 3.52. The molecule has 7 nitrogen and oxygen atoms in total. The van der Waals surface area contributed by atoms with Crippen molar-refractivity contribution in [2.24, 2.45) is 11.8 Å². The highest BCUT2D eigenvalue weighted by atomic mass is 32.1. The average molecular weight is 496 g/mol. The highest BCUT2D eigenvalue weighted by Crippen LogP contribution is 2.50. The Kier molecular flexibility index (Phi) is 5.03. The number of imidazole rings is 1. The number of piperidine rings is 1. The van der Waals surface area contributed by atoms with Gasteiger partial charge < -0.3 is 10.2 Å². The van der Waals surface area contributed by atoms with Crippen molar-refractivity contribution in [3.05, 3.63) is 63.7 Å². The fourth-order valence-electron chi connectivity index (χ4n) is 5.02. The van der Waals surface area contributed by atoms with Gasteiger partial charge in [0.25, 0.3) is 11.8 Å². The summed E-state index contributed by atoms with van der Waals surface area (Å²) in [6.45, 7) is 4.76. The number of halogens is 1. The third-order valence-corrected chi connectivity index (χ3v) is 8.51. The van der Waals surface area contributed by atoms with Gasteiger partial charge >= 0.3 is 0 Å². The van der Waals surface area contributed by atoms with Gasteiger partial charge in [0.05, 0.1) is 21.6 Å². The van der Waals surface area contributed by atoms with Crippen LogP contribution in [0.3, 0.4) is 0 Å². The molecule has 3 atom stereocenters. The van der Waals surface area contributed by atoms with E-state index in [1.54, 1.807) is 16.5 Å². The Morgan fingerprint density at radius 2 is 2.00 bits per heavy atom. The number of carbonyl (C=O) groups is 2. The zero-order chi connectivity index (χ0) is 23.6. The number of hydrogen-bond donors (Lipinski definition) is 1. The maximum atomic E-state index is 13.6. The number of aromatic nitrogens is 3. The molecule has 1 aromatic carbocycles. The predicted molar refractivity (Wildman–Crippen MR) is 129 cm³/mol. The number of benzene rings is 1. The summed E-state index contributed by atoms with van der Waals surface area (Å²) in [5.74, 6) is 0.236. The van der Waals surface area contributed by atoms with E-state index in [0.717, 1.165) is 26.8 Å². The standard InChI is InChI=1S/C24H22FN5O2S2/c1-12-20(29-7-8-33-24(29)27-12)22(31)26-10-18-17-9-15(17)11-30(18)23(32)19-21(34-13(2)28-19)14-3-5-16(25)6-4-14/h3-8,15,17-18H,9-11H2,1-2H3,(H,26,31)/t15-,17-,18-/m1/s1. The van der Waals surface area contributed by atoms with E-state index in [2.05, 4.69) is 15.3 Å². The number of hydrogen-bond acceptors (Lipinski definition) is 6. The lowest BCUT2D eigenvalue weighted by molar-refractivity contribution is 0.0690. The van der Waals surface area contributed by atoms with Gasteiger partial charge in [-0.1, -0.05) is 12.1 Å². The molecule has 34 heavy (non-hydrogen) atoms. The highest BCUT2D eigenvalue weighted by Gasteiger charge is 2.54. The fraction of sp³-hybridized carbons (Fsp3) is 0.333. The molecule has 4 aromatic rings. The van der Waals surface area contributed by atoms with Crippen LogP contribution < -0.4 is 5.32 Å². The monoisotopic (exact) mass is 495 g/mol. The number of thiazole rings is 2. The van der Waals surface area contributed by atoms with Crippen molar-refractivity contribution >= 4 is 39.4 Å². The number of nitrogens with one attached hydrogen (secondary N) is 1. The molecule has 4 heterocycles. The Labute approximate surface area is 203 Å². The molecule has 10 heteroatoms. The van der Waals surface area contributed by atoms with Crippen LogP contribution in [0.5, 0.6) is 0 Å². The van der Waals surface area contributed by atoms with Crippen LogP contribution in [0.15, 0.2) is 35.8 Å². The van der Waals surface area contributed by atoms with Crippen molar-refractivity contribution < 1.29 is 14.0 Å². The molecule has 1 aliphatic heterocycles. The summed E-state index contributed by atoms with van der Waals surface area (Å²) >= 11 is 2.92. The van der Waals surface area contributed by atoms with E-state index in [9.17, 15) is 14.0 Å². The van der Waals surface area contributed by atoms with Gasteiger partial charge in [-0.05, 0) is 49.8 Å². The SMILES string of the molecule is Cc1nc(C(=O)N2C[C@H]3C[C@H]3[C@H]2CNC(=O)c2c(C)nc3sccn23)c(-c2ccc(F)cc2)s1. The summed E-state index contributed by atoms with van der Waals surface area (Å²) < 4.78 is 15.2. The molecular weight excluding hydrogens is 473 g/mol. The van der Waals surface area contributed by atoms with E-state index in [-0.39, 0.29) is 23.7 Å². The molecule has 1 N–H and O–H groups in total. The molecule has 6 rings (SSSR count). The smallest absolute Gasteiger partial charge is 0.274 e. The maximum absolute atomic E-state index is 13.6. The number of fused-ring (bicyclic) bond motifs is 2. The Balaban J connectivity index is 1.23. The minimum atomic E-state index is -0.318. The van der Waals surface area contributed by atoms with Crippen LogP contribution in [0.2, 0.25) is 0 Å². The van der Waals surface area contributed by atoms with Crippen LogP contribution in [-0.4, -0.2) is 50.2 Å². The van der Waals surface area contributed by atoms with Gasteiger partial charge in [0.1, 0.15) is 17.2 Å². The van der Waals surface area contributed by atoms with Crippen LogP contribution in [-0.2, 0) is 0 Å². The highest BCUT2D eigenvalue weighted by molar-refractivity contribution is 7.15. The van der Waals surface area contributed by atoms with Gasteiger partial charge in [-0.15, -0.1) is 22.7 Å². The summed E-state index contributed by atoms with van der Waals surface area (Å²) in [4.78, 5) is 39.1. The van der Waals surface area contributed by atoms with Crippen LogP contribution in [0.25, 0.3) is 15.4 Å². The van der Waals surface area contributed by atoms with Gasteiger partial charge in [-0.25, -0.2) is 14.4 Å². The Morgan fingerprint density at radius 3 is 2.79 bits per heavy atom. The summed E-state index contributed by atoms with van der Waals surface area (Å²) in [6.07, 6.45) is 2.92. The largest absolute Gasteiger partial charge is 0.349 e. The average Bonchev–Trinajstić information content (AvgIpc) is 3.14. The summed E-state index contributed by atoms with van der Waals surface area (Å²) in [5, 5.41) is 5.74. The molecule has 0 spiro atoms. The molecule has 0 unspecified atom stereocenters. The van der Waals surface area contributed by atoms with Crippen LogP contribution >= 0.6 is 22.7 Å². The molecule has 0 bridgehead atoms. The molecule has 2 amide bonds. The molecule has 2 fully saturated rings. The van der Waals surface area contributed by atoms with Crippen molar-refractivity contribution in [3.8, 4) is 10.4 Å². The molecule has 3 aromatic heterocycles. The summed E-state index contributed by atoms with van der Waals surface area (Å²) in [7, 11) is 0. The lowest BCUT2D eigenvalue weighted by Gasteiger charge is -2.27. The minimum absolute atomic E-state index is 0.0734. The number of aryl methyl sites for hydroxylation is 2. The quantitative estimate of drug-likeness (QED) is 0.451. The molecular formula is C24H22FN5O2S2. The third-order valence-electron chi connectivity index (χ3n) is 6.73. The van der Waals surface area contributed by atoms with Crippen LogP contribution in [0, 0.1) is 31.5 Å². The number of carbonyl (C=O) groups excluding carboxylic acids is 2. The van der Waals surface area contributed by atoms with Crippen molar-refractivity contribution in [1.82, 2.24) is 24.6 Å². The van der Waals surface area contributed by atoms with E-state index < -0.39 is 0 Å². The van der Waals surface area contributed by atoms with E-state index in [1.807, 2.05) is 30.3 Å². The lowest BCUT2D eigenvalue weighted by atomic mass is 10.1. The molecule has 1 aliphatic carbocycles. The van der Waals surface area contributed by atoms with Gasteiger partial charge in [-0.2, -0.15) is 0 Å². The molecule has 2 aliphatic rings. The fourth-order valence-corrected chi connectivity index (χ4v) is 6.70. The van der Waals surface area contributed by atoms with Crippen molar-refractivity contribution in [2.45, 2.75) is 26.3 Å². The van der Waals surface area contributed by atoms with E-state index >= 15 is 0 Å². The first-order valence-electron chi connectivity index (χ1n) is 11.2. The number of rotatable bonds is 5. The second kappa shape index (κ2) is 7.99. The Hall–Kier alpha value is -3.11. The number of likely N-dealkylation sites (tertiary alicyclic amines) is 1. The van der Waals surface area contributed by atoms with E-state index in [1.165, 1.54) is 34.8 Å². The zero-order valence-electron chi connectivity index (χ0n) is 18.6. The Bertz CT molecular complexity index is 1420. The molecule has 0 radical (unpaired) electrons. The molecule has 174 valence electrons. The molecule has 1 saturated carbocycles. The first-order valence-corrected chi connectivity index (χ1v) is 12.8.